The number of ether oxygens (including phenoxy) is 2. The minimum atomic E-state index is -0.231. The van der Waals surface area contributed by atoms with Crippen LogP contribution in [0.4, 0.5) is 4.39 Å². The molecule has 7 heteroatoms. The fourth-order valence-corrected chi connectivity index (χ4v) is 4.97. The lowest BCUT2D eigenvalue weighted by Crippen LogP contribution is -2.35. The van der Waals surface area contributed by atoms with Crippen LogP contribution < -0.4 is 4.74 Å². The Labute approximate surface area is 200 Å². The molecular weight excluding hydrogens is 449 g/mol. The van der Waals surface area contributed by atoms with Crippen molar-refractivity contribution >= 4 is 32.5 Å². The highest BCUT2D eigenvalue weighted by molar-refractivity contribution is 7.16. The van der Waals surface area contributed by atoms with Gasteiger partial charge in [0.15, 0.2) is 0 Å². The number of nitrogens with zero attached hydrogens (tertiary/aromatic N) is 3. The zero-order valence-corrected chi connectivity index (χ0v) is 19.2. The molecule has 2 aromatic heterocycles. The van der Waals surface area contributed by atoms with Crippen molar-refractivity contribution in [3.63, 3.8) is 0 Å². The fraction of sp³-hybridized carbons (Fsp3) is 0.185. The lowest BCUT2D eigenvalue weighted by Gasteiger charge is -2.26. The third kappa shape index (κ3) is 4.25. The van der Waals surface area contributed by atoms with Crippen LogP contribution in [0.15, 0.2) is 72.4 Å². The highest BCUT2D eigenvalue weighted by atomic mass is 32.1. The summed E-state index contributed by atoms with van der Waals surface area (Å²) in [6.45, 7) is 3.93. The Kier molecular flexibility index (Phi) is 5.66. The van der Waals surface area contributed by atoms with E-state index in [0.29, 0.717) is 17.1 Å². The molecule has 0 radical (unpaired) electrons. The number of thiazole rings is 1. The van der Waals surface area contributed by atoms with Crippen LogP contribution in [0.25, 0.3) is 32.2 Å². The molecule has 5 aromatic rings. The first-order valence-corrected chi connectivity index (χ1v) is 12.1. The molecule has 0 atom stereocenters. The molecule has 34 heavy (non-hydrogen) atoms. The van der Waals surface area contributed by atoms with Gasteiger partial charge in [-0.1, -0.05) is 18.2 Å². The summed E-state index contributed by atoms with van der Waals surface area (Å²) < 4.78 is 27.9. The number of aromatic nitrogens is 2. The minimum Gasteiger partial charge on any atom is -0.457 e. The predicted molar refractivity (Wildman–Crippen MR) is 133 cm³/mol. The Morgan fingerprint density at radius 1 is 0.941 bits per heavy atom. The first-order chi connectivity index (χ1) is 16.7. The highest BCUT2D eigenvalue weighted by Crippen LogP contribution is 2.34. The maximum atomic E-state index is 15.2. The van der Waals surface area contributed by atoms with Crippen molar-refractivity contribution < 1.29 is 13.9 Å². The molecule has 0 N–H and O–H groups in total. The van der Waals surface area contributed by atoms with Gasteiger partial charge in [0, 0.05) is 42.8 Å². The lowest BCUT2D eigenvalue weighted by atomic mass is 10.0. The van der Waals surface area contributed by atoms with Crippen LogP contribution in [0.3, 0.4) is 0 Å². The zero-order valence-electron chi connectivity index (χ0n) is 18.4. The molecule has 170 valence electrons. The standard InChI is InChI=1S/C27H22FN3O2S/c28-23-13-18(16-31-9-11-32-12-10-31)1-4-21(23)19-2-5-24-22(14-19)26(7-8-29-24)33-20-3-6-27-25(15-20)30-17-34-27/h1-8,13-15,17H,9-12,16H2. The van der Waals surface area contributed by atoms with Crippen LogP contribution in [0.1, 0.15) is 5.56 Å². The molecule has 0 spiro atoms. The van der Waals surface area contributed by atoms with Gasteiger partial charge in [0.25, 0.3) is 0 Å². The topological polar surface area (TPSA) is 47.5 Å². The maximum absolute atomic E-state index is 15.2. The highest BCUT2D eigenvalue weighted by Gasteiger charge is 2.14. The normalized spacial score (nSPS) is 14.6. The molecule has 0 amide bonds. The van der Waals surface area contributed by atoms with E-state index < -0.39 is 0 Å². The summed E-state index contributed by atoms with van der Waals surface area (Å²) in [6.07, 6.45) is 1.72. The molecule has 1 aliphatic rings. The molecule has 0 unspecified atom stereocenters. The molecule has 3 heterocycles. The van der Waals surface area contributed by atoms with E-state index in [1.54, 1.807) is 23.6 Å². The quantitative estimate of drug-likeness (QED) is 0.302. The van der Waals surface area contributed by atoms with Gasteiger partial charge in [-0.15, -0.1) is 11.3 Å². The summed E-state index contributed by atoms with van der Waals surface area (Å²) in [7, 11) is 0. The Morgan fingerprint density at radius 2 is 1.85 bits per heavy atom. The van der Waals surface area contributed by atoms with Crippen LogP contribution in [-0.4, -0.2) is 41.2 Å². The average molecular weight is 472 g/mol. The van der Waals surface area contributed by atoms with Crippen LogP contribution in [0.5, 0.6) is 11.5 Å². The van der Waals surface area contributed by atoms with E-state index in [9.17, 15) is 0 Å². The van der Waals surface area contributed by atoms with Gasteiger partial charge in [0.2, 0.25) is 0 Å². The third-order valence-electron chi connectivity index (χ3n) is 6.09. The summed E-state index contributed by atoms with van der Waals surface area (Å²) in [4.78, 5) is 11.1. The predicted octanol–water partition coefficient (Wildman–Crippen LogP) is 6.28. The van der Waals surface area contributed by atoms with Crippen molar-refractivity contribution in [1.82, 2.24) is 14.9 Å². The lowest BCUT2D eigenvalue weighted by molar-refractivity contribution is 0.0341. The first-order valence-electron chi connectivity index (χ1n) is 11.2. The van der Waals surface area contributed by atoms with Gasteiger partial charge in [-0.05, 0) is 47.5 Å². The van der Waals surface area contributed by atoms with Crippen molar-refractivity contribution in [2.75, 3.05) is 26.3 Å². The van der Waals surface area contributed by atoms with Crippen LogP contribution in [-0.2, 0) is 11.3 Å². The fourth-order valence-electron chi connectivity index (χ4n) is 4.31. The number of halogens is 1. The zero-order chi connectivity index (χ0) is 22.9. The second-order valence-corrected chi connectivity index (χ2v) is 9.21. The molecule has 0 aliphatic carbocycles. The summed E-state index contributed by atoms with van der Waals surface area (Å²) in [5.41, 5.74) is 5.83. The molecule has 0 bridgehead atoms. The minimum absolute atomic E-state index is 0.231. The summed E-state index contributed by atoms with van der Waals surface area (Å²) >= 11 is 1.60. The molecule has 1 saturated heterocycles. The number of morpholine rings is 1. The average Bonchev–Trinajstić information content (AvgIpc) is 3.33. The number of fused-ring (bicyclic) bond motifs is 2. The van der Waals surface area contributed by atoms with Crippen molar-refractivity contribution in [3.8, 4) is 22.6 Å². The van der Waals surface area contributed by atoms with Crippen molar-refractivity contribution in [3.05, 3.63) is 83.8 Å². The number of benzene rings is 3. The van der Waals surface area contributed by atoms with E-state index in [2.05, 4.69) is 14.9 Å². The number of rotatable bonds is 5. The molecule has 6 rings (SSSR count). The molecule has 0 saturated carbocycles. The number of hydrogen-bond donors (Lipinski definition) is 0. The molecule has 3 aromatic carbocycles. The van der Waals surface area contributed by atoms with E-state index in [1.165, 1.54) is 0 Å². The van der Waals surface area contributed by atoms with Crippen molar-refractivity contribution in [1.29, 1.82) is 0 Å². The van der Waals surface area contributed by atoms with Gasteiger partial charge >= 0.3 is 0 Å². The molecule has 1 aliphatic heterocycles. The van der Waals surface area contributed by atoms with E-state index in [1.807, 2.05) is 60.1 Å². The second-order valence-electron chi connectivity index (χ2n) is 8.33. The van der Waals surface area contributed by atoms with Crippen molar-refractivity contribution in [2.45, 2.75) is 6.54 Å². The van der Waals surface area contributed by atoms with Crippen molar-refractivity contribution in [2.24, 2.45) is 0 Å². The van der Waals surface area contributed by atoms with E-state index in [4.69, 9.17) is 9.47 Å². The molecular formula is C27H22FN3O2S. The van der Waals surface area contributed by atoms with Gasteiger partial charge in [-0.3, -0.25) is 9.88 Å². The first kappa shape index (κ1) is 21.2. The molecule has 5 nitrogen and oxygen atoms in total. The third-order valence-corrected chi connectivity index (χ3v) is 6.90. The van der Waals surface area contributed by atoms with E-state index in [-0.39, 0.29) is 5.82 Å². The van der Waals surface area contributed by atoms with Crippen LogP contribution in [0, 0.1) is 5.82 Å². The van der Waals surface area contributed by atoms with Crippen LogP contribution >= 0.6 is 11.3 Å². The Balaban J connectivity index is 1.31. The summed E-state index contributed by atoms with van der Waals surface area (Å²) in [6, 6.07) is 18.9. The van der Waals surface area contributed by atoms with Gasteiger partial charge in [0.05, 0.1) is 34.5 Å². The van der Waals surface area contributed by atoms with Crippen LogP contribution in [0.2, 0.25) is 0 Å². The smallest absolute Gasteiger partial charge is 0.138 e. The Bertz CT molecular complexity index is 1480. The maximum Gasteiger partial charge on any atom is 0.138 e. The number of hydrogen-bond acceptors (Lipinski definition) is 6. The monoisotopic (exact) mass is 471 g/mol. The largest absolute Gasteiger partial charge is 0.457 e. The number of pyridine rings is 1. The van der Waals surface area contributed by atoms with Gasteiger partial charge < -0.3 is 9.47 Å². The Morgan fingerprint density at radius 3 is 2.74 bits per heavy atom. The Hall–Kier alpha value is -3.39. The van der Waals surface area contributed by atoms with Gasteiger partial charge in [0.1, 0.15) is 17.3 Å². The van der Waals surface area contributed by atoms with E-state index >= 15 is 4.39 Å². The van der Waals surface area contributed by atoms with Gasteiger partial charge in [-0.25, -0.2) is 9.37 Å². The second kappa shape index (κ2) is 9.10. The molecule has 1 fully saturated rings. The SMILES string of the molecule is Fc1cc(CN2CCOCC2)ccc1-c1ccc2nccc(Oc3ccc4scnc4c3)c2c1. The summed E-state index contributed by atoms with van der Waals surface area (Å²) in [5, 5.41) is 0.829. The van der Waals surface area contributed by atoms with E-state index in [0.717, 1.165) is 65.1 Å². The van der Waals surface area contributed by atoms with Gasteiger partial charge in [-0.2, -0.15) is 0 Å². The summed E-state index contributed by atoms with van der Waals surface area (Å²) in [5.74, 6) is 1.14.